The van der Waals surface area contributed by atoms with E-state index in [1.165, 1.54) is 16.7 Å². The van der Waals surface area contributed by atoms with Crippen molar-refractivity contribution in [2.45, 2.75) is 31.8 Å². The first-order chi connectivity index (χ1) is 10.7. The predicted molar refractivity (Wildman–Crippen MR) is 88.3 cm³/mol. The number of rotatable bonds is 8. The normalized spacial score (nSPS) is 12.1. The fraction of sp³-hybridized carbons (Fsp3) is 0.368. The Morgan fingerprint density at radius 3 is 2.36 bits per heavy atom. The Kier molecular flexibility index (Phi) is 6.44. The van der Waals surface area contributed by atoms with E-state index < -0.39 is 6.10 Å². The summed E-state index contributed by atoms with van der Waals surface area (Å²) in [6, 6.07) is 16.5. The Morgan fingerprint density at radius 2 is 1.68 bits per heavy atom. The van der Waals surface area contributed by atoms with E-state index in [-0.39, 0.29) is 6.61 Å². The molecule has 0 amide bonds. The molecule has 0 bridgehead atoms. The van der Waals surface area contributed by atoms with Crippen LogP contribution in [-0.4, -0.2) is 30.0 Å². The van der Waals surface area contributed by atoms with Gasteiger partial charge >= 0.3 is 0 Å². The first-order valence-corrected chi connectivity index (χ1v) is 7.71. The summed E-state index contributed by atoms with van der Waals surface area (Å²) in [5.41, 5.74) is 3.80. The van der Waals surface area contributed by atoms with Gasteiger partial charge in [0.2, 0.25) is 0 Å². The molecule has 2 aromatic carbocycles. The topological polar surface area (TPSA) is 49.7 Å². The lowest BCUT2D eigenvalue weighted by molar-refractivity contribution is 0.0885. The van der Waals surface area contributed by atoms with Crippen LogP contribution in [0.3, 0.4) is 0 Å². The van der Waals surface area contributed by atoms with Crippen LogP contribution in [0.4, 0.5) is 0 Å². The van der Waals surface area contributed by atoms with E-state index in [1.807, 2.05) is 24.3 Å². The van der Waals surface area contributed by atoms with Gasteiger partial charge in [-0.2, -0.15) is 0 Å². The molecule has 2 aromatic rings. The lowest BCUT2D eigenvalue weighted by atomic mass is 9.96. The molecule has 0 spiro atoms. The van der Waals surface area contributed by atoms with Crippen LogP contribution in [0, 0.1) is 0 Å². The summed E-state index contributed by atoms with van der Waals surface area (Å²) in [5.74, 6) is 0.886. The molecular weight excluding hydrogens is 276 g/mol. The molecule has 0 unspecified atom stereocenters. The molecule has 0 aromatic heterocycles. The van der Waals surface area contributed by atoms with E-state index in [4.69, 9.17) is 9.84 Å². The molecule has 2 rings (SSSR count). The Bertz CT molecular complexity index is 580. The molecule has 118 valence electrons. The number of benzene rings is 2. The Labute approximate surface area is 132 Å². The summed E-state index contributed by atoms with van der Waals surface area (Å²) in [7, 11) is 1.68. The predicted octanol–water partition coefficient (Wildman–Crippen LogP) is 2.77. The van der Waals surface area contributed by atoms with Gasteiger partial charge in [0.15, 0.2) is 0 Å². The summed E-state index contributed by atoms with van der Waals surface area (Å²) < 4.78 is 5.26. The van der Waals surface area contributed by atoms with E-state index in [0.29, 0.717) is 6.42 Å². The van der Waals surface area contributed by atoms with Gasteiger partial charge in [-0.1, -0.05) is 36.4 Å². The third kappa shape index (κ3) is 4.86. The Hall–Kier alpha value is -1.84. The van der Waals surface area contributed by atoms with Crippen LogP contribution in [0.25, 0.3) is 0 Å². The molecule has 3 heteroatoms. The van der Waals surface area contributed by atoms with Crippen molar-refractivity contribution in [2.24, 2.45) is 0 Å². The fourth-order valence-electron chi connectivity index (χ4n) is 2.57. The van der Waals surface area contributed by atoms with Gasteiger partial charge in [0, 0.05) is 0 Å². The second-order valence-electron chi connectivity index (χ2n) is 5.50. The Morgan fingerprint density at radius 1 is 0.955 bits per heavy atom. The monoisotopic (exact) mass is 300 g/mol. The highest BCUT2D eigenvalue weighted by atomic mass is 16.5. The van der Waals surface area contributed by atoms with Gasteiger partial charge in [0.25, 0.3) is 0 Å². The molecule has 0 aliphatic heterocycles. The maximum atomic E-state index is 9.51. The molecule has 0 radical (unpaired) electrons. The number of ether oxygens (including phenoxy) is 1. The molecular formula is C19H24O3. The third-order valence-corrected chi connectivity index (χ3v) is 3.89. The molecule has 0 fully saturated rings. The van der Waals surface area contributed by atoms with Gasteiger partial charge in [-0.3, -0.25) is 0 Å². The van der Waals surface area contributed by atoms with Gasteiger partial charge < -0.3 is 14.9 Å². The fourth-order valence-corrected chi connectivity index (χ4v) is 2.57. The summed E-state index contributed by atoms with van der Waals surface area (Å²) in [4.78, 5) is 0. The maximum Gasteiger partial charge on any atom is 0.119 e. The van der Waals surface area contributed by atoms with Crippen LogP contribution in [-0.2, 0) is 19.3 Å². The molecule has 0 aliphatic carbocycles. The van der Waals surface area contributed by atoms with Gasteiger partial charge in [0.05, 0.1) is 19.8 Å². The first kappa shape index (κ1) is 16.5. The number of methoxy groups -OCH3 is 1. The quantitative estimate of drug-likeness (QED) is 0.788. The highest BCUT2D eigenvalue weighted by Gasteiger charge is 2.07. The van der Waals surface area contributed by atoms with Crippen LogP contribution >= 0.6 is 0 Å². The van der Waals surface area contributed by atoms with Crippen molar-refractivity contribution < 1.29 is 14.9 Å². The first-order valence-electron chi connectivity index (χ1n) is 7.71. The summed E-state index contributed by atoms with van der Waals surface area (Å²) in [6.07, 6.45) is 2.66. The second-order valence-corrected chi connectivity index (χ2v) is 5.50. The molecule has 1 atom stereocenters. The standard InChI is InChI=1S/C19H24O3/c1-22-19-8-4-5-15(13-19)9-10-16-6-2-3-7-17(16)11-12-18(21)14-20/h2-8,13,18,20-21H,9-12,14H2,1H3/t18-/m0/s1. The van der Waals surface area contributed by atoms with Crippen molar-refractivity contribution in [3.8, 4) is 5.75 Å². The van der Waals surface area contributed by atoms with Crippen molar-refractivity contribution in [1.29, 1.82) is 0 Å². The van der Waals surface area contributed by atoms with Gasteiger partial charge in [-0.05, 0) is 54.5 Å². The average Bonchev–Trinajstić information content (AvgIpc) is 2.58. The average molecular weight is 300 g/mol. The van der Waals surface area contributed by atoms with Crippen molar-refractivity contribution in [1.82, 2.24) is 0 Å². The van der Waals surface area contributed by atoms with E-state index >= 15 is 0 Å². The van der Waals surface area contributed by atoms with Gasteiger partial charge in [-0.15, -0.1) is 0 Å². The summed E-state index contributed by atoms with van der Waals surface area (Å²) in [5, 5.41) is 18.4. The highest BCUT2D eigenvalue weighted by Crippen LogP contribution is 2.18. The largest absolute Gasteiger partial charge is 0.497 e. The number of hydrogen-bond donors (Lipinski definition) is 2. The van der Waals surface area contributed by atoms with Crippen molar-refractivity contribution in [2.75, 3.05) is 13.7 Å². The molecule has 0 saturated carbocycles. The smallest absolute Gasteiger partial charge is 0.119 e. The summed E-state index contributed by atoms with van der Waals surface area (Å²) in [6.45, 7) is -0.175. The van der Waals surface area contributed by atoms with Gasteiger partial charge in [-0.25, -0.2) is 0 Å². The summed E-state index contributed by atoms with van der Waals surface area (Å²) >= 11 is 0. The van der Waals surface area contributed by atoms with Crippen molar-refractivity contribution in [3.05, 3.63) is 65.2 Å². The van der Waals surface area contributed by atoms with Crippen LogP contribution < -0.4 is 4.74 Å². The van der Waals surface area contributed by atoms with E-state index in [9.17, 15) is 5.11 Å². The minimum atomic E-state index is -0.633. The minimum Gasteiger partial charge on any atom is -0.497 e. The zero-order chi connectivity index (χ0) is 15.8. The highest BCUT2D eigenvalue weighted by molar-refractivity contribution is 5.31. The lowest BCUT2D eigenvalue weighted by Crippen LogP contribution is -2.13. The molecule has 2 N–H and O–H groups in total. The van der Waals surface area contributed by atoms with E-state index in [0.717, 1.165) is 25.0 Å². The van der Waals surface area contributed by atoms with Crippen molar-refractivity contribution in [3.63, 3.8) is 0 Å². The second kappa shape index (κ2) is 8.57. The Balaban J connectivity index is 1.99. The molecule has 22 heavy (non-hydrogen) atoms. The lowest BCUT2D eigenvalue weighted by Gasteiger charge is -2.12. The number of aryl methyl sites for hydroxylation is 3. The van der Waals surface area contributed by atoms with Gasteiger partial charge in [0.1, 0.15) is 5.75 Å². The zero-order valence-corrected chi connectivity index (χ0v) is 13.0. The zero-order valence-electron chi connectivity index (χ0n) is 13.0. The number of hydrogen-bond acceptors (Lipinski definition) is 3. The molecule has 0 heterocycles. The third-order valence-electron chi connectivity index (χ3n) is 3.89. The SMILES string of the molecule is COc1cccc(CCc2ccccc2CC[C@H](O)CO)c1. The minimum absolute atomic E-state index is 0.175. The van der Waals surface area contributed by atoms with Crippen molar-refractivity contribution >= 4 is 0 Å². The molecule has 0 saturated heterocycles. The van der Waals surface area contributed by atoms with Crippen LogP contribution in [0.15, 0.2) is 48.5 Å². The van der Waals surface area contributed by atoms with Crippen LogP contribution in [0.5, 0.6) is 5.75 Å². The van der Waals surface area contributed by atoms with E-state index in [2.05, 4.69) is 24.3 Å². The van der Waals surface area contributed by atoms with E-state index in [1.54, 1.807) is 7.11 Å². The maximum absolute atomic E-state index is 9.51. The number of aliphatic hydroxyl groups excluding tert-OH is 2. The number of aliphatic hydroxyl groups is 2. The molecule has 3 nitrogen and oxygen atoms in total. The van der Waals surface area contributed by atoms with Crippen LogP contribution in [0.2, 0.25) is 0 Å². The molecule has 0 aliphatic rings. The van der Waals surface area contributed by atoms with Crippen LogP contribution in [0.1, 0.15) is 23.1 Å².